The van der Waals surface area contributed by atoms with Crippen molar-refractivity contribution in [3.05, 3.63) is 28.2 Å². The first-order chi connectivity index (χ1) is 9.49. The summed E-state index contributed by atoms with van der Waals surface area (Å²) in [7, 11) is 0. The van der Waals surface area contributed by atoms with Crippen molar-refractivity contribution in [2.24, 2.45) is 5.92 Å². The maximum absolute atomic E-state index is 12.7. The molecule has 1 atom stereocenters. The van der Waals surface area contributed by atoms with E-state index in [-0.39, 0.29) is 17.2 Å². The number of amides is 1. The number of carbonyl (C=O) groups is 1. The second-order valence-corrected chi connectivity index (χ2v) is 7.26. The Bertz CT molecular complexity index is 535. The Morgan fingerprint density at radius 1 is 1.45 bits per heavy atom. The second kappa shape index (κ2) is 5.15. The molecule has 0 aliphatic carbocycles. The molecule has 108 valence electrons. The molecule has 1 saturated heterocycles. The van der Waals surface area contributed by atoms with Gasteiger partial charge >= 0.3 is 0 Å². The molecule has 0 saturated carbocycles. The van der Waals surface area contributed by atoms with Crippen LogP contribution >= 0.6 is 15.9 Å². The quantitative estimate of drug-likeness (QED) is 0.784. The fourth-order valence-electron chi connectivity index (χ4n) is 3.13. The summed E-state index contributed by atoms with van der Waals surface area (Å²) in [6.07, 6.45) is 1.85. The Morgan fingerprint density at radius 3 is 2.95 bits per heavy atom. The molecule has 0 unspecified atom stereocenters. The van der Waals surface area contributed by atoms with Crippen LogP contribution in [-0.2, 0) is 14.9 Å². The Kier molecular flexibility index (Phi) is 3.63. The van der Waals surface area contributed by atoms with E-state index in [4.69, 9.17) is 4.74 Å². The van der Waals surface area contributed by atoms with Crippen LogP contribution in [0, 0.1) is 5.92 Å². The van der Waals surface area contributed by atoms with Crippen LogP contribution in [0.2, 0.25) is 0 Å². The number of hydrogen-bond acceptors (Lipinski definition) is 2. The summed E-state index contributed by atoms with van der Waals surface area (Å²) in [5.41, 5.74) is 2.45. The molecule has 0 aromatic heterocycles. The van der Waals surface area contributed by atoms with Gasteiger partial charge in [0.15, 0.2) is 0 Å². The van der Waals surface area contributed by atoms with E-state index in [1.165, 1.54) is 5.56 Å². The average molecular weight is 338 g/mol. The Morgan fingerprint density at radius 2 is 2.25 bits per heavy atom. The van der Waals surface area contributed by atoms with Crippen molar-refractivity contribution in [1.82, 2.24) is 0 Å². The van der Waals surface area contributed by atoms with E-state index < -0.39 is 0 Å². The first-order valence-corrected chi connectivity index (χ1v) is 7.97. The van der Waals surface area contributed by atoms with E-state index in [9.17, 15) is 4.79 Å². The largest absolute Gasteiger partial charge is 0.381 e. The molecule has 3 rings (SSSR count). The Balaban J connectivity index is 1.98. The summed E-state index contributed by atoms with van der Waals surface area (Å²) in [5.74, 6) is 0.250. The van der Waals surface area contributed by atoms with E-state index in [2.05, 4.69) is 48.0 Å². The van der Waals surface area contributed by atoms with E-state index in [1.807, 2.05) is 4.90 Å². The van der Waals surface area contributed by atoms with Crippen molar-refractivity contribution < 1.29 is 9.53 Å². The number of anilines is 1. The van der Waals surface area contributed by atoms with Gasteiger partial charge < -0.3 is 9.64 Å². The number of rotatable bonds is 1. The van der Waals surface area contributed by atoms with Crippen molar-refractivity contribution in [3.63, 3.8) is 0 Å². The lowest BCUT2D eigenvalue weighted by atomic mass is 9.77. The minimum atomic E-state index is 0.0306. The highest BCUT2D eigenvalue weighted by molar-refractivity contribution is 9.10. The zero-order chi connectivity index (χ0) is 14.3. The summed E-state index contributed by atoms with van der Waals surface area (Å²) >= 11 is 3.53. The molecule has 20 heavy (non-hydrogen) atoms. The maximum Gasteiger partial charge on any atom is 0.232 e. The summed E-state index contributed by atoms with van der Waals surface area (Å²) in [5, 5.41) is 0. The highest BCUT2D eigenvalue weighted by atomic mass is 79.9. The van der Waals surface area contributed by atoms with Crippen LogP contribution in [0.3, 0.4) is 0 Å². The number of fused-ring (bicyclic) bond motifs is 1. The van der Waals surface area contributed by atoms with Gasteiger partial charge in [0.2, 0.25) is 5.91 Å². The number of ether oxygens (including phenoxy) is 1. The number of carbonyl (C=O) groups excluding carboxylic acids is 1. The van der Waals surface area contributed by atoms with Crippen molar-refractivity contribution >= 4 is 27.5 Å². The molecule has 3 nitrogen and oxygen atoms in total. The van der Waals surface area contributed by atoms with Crippen LogP contribution in [0.15, 0.2) is 22.7 Å². The standard InChI is InChI=1S/C16H20BrNO2/c1-16(2)6-7-18(15(19)11-5-8-20-10-11)14-9-12(17)3-4-13(14)16/h3-4,9,11H,5-8,10H2,1-2H3/t11-/m0/s1. The van der Waals surface area contributed by atoms with Gasteiger partial charge in [-0.25, -0.2) is 0 Å². The summed E-state index contributed by atoms with van der Waals surface area (Å²) in [4.78, 5) is 14.7. The average Bonchev–Trinajstić information content (AvgIpc) is 2.91. The van der Waals surface area contributed by atoms with Gasteiger partial charge in [-0.15, -0.1) is 0 Å². The molecule has 0 bridgehead atoms. The molecule has 0 N–H and O–H groups in total. The summed E-state index contributed by atoms with van der Waals surface area (Å²) in [6.45, 7) is 6.58. The van der Waals surface area contributed by atoms with Gasteiger partial charge in [0, 0.05) is 23.3 Å². The molecule has 2 heterocycles. The van der Waals surface area contributed by atoms with Crippen molar-refractivity contribution in [3.8, 4) is 0 Å². The highest BCUT2D eigenvalue weighted by Gasteiger charge is 2.36. The van der Waals surface area contributed by atoms with Crippen LogP contribution in [0.4, 0.5) is 5.69 Å². The van der Waals surface area contributed by atoms with Crippen LogP contribution in [0.25, 0.3) is 0 Å². The van der Waals surface area contributed by atoms with Gasteiger partial charge in [0.05, 0.1) is 12.5 Å². The van der Waals surface area contributed by atoms with Crippen LogP contribution in [0.1, 0.15) is 32.3 Å². The molecular formula is C16H20BrNO2. The third-order valence-corrected chi connectivity index (χ3v) is 4.98. The zero-order valence-electron chi connectivity index (χ0n) is 12.0. The minimum absolute atomic E-state index is 0.0306. The number of hydrogen-bond donors (Lipinski definition) is 0. The lowest BCUT2D eigenvalue weighted by Gasteiger charge is -2.40. The van der Waals surface area contributed by atoms with Gasteiger partial charge in [-0.2, -0.15) is 0 Å². The fourth-order valence-corrected chi connectivity index (χ4v) is 3.47. The number of benzene rings is 1. The molecule has 0 spiro atoms. The predicted octanol–water partition coefficient (Wildman–Crippen LogP) is 3.50. The molecule has 2 aliphatic heterocycles. The first kappa shape index (κ1) is 14.1. The number of nitrogens with zero attached hydrogens (tertiary/aromatic N) is 1. The molecule has 4 heteroatoms. The lowest BCUT2D eigenvalue weighted by molar-refractivity contribution is -0.122. The topological polar surface area (TPSA) is 29.5 Å². The minimum Gasteiger partial charge on any atom is -0.381 e. The molecule has 1 aromatic carbocycles. The van der Waals surface area contributed by atoms with Gasteiger partial charge in [0.1, 0.15) is 0 Å². The Hall–Kier alpha value is -0.870. The summed E-state index contributed by atoms with van der Waals surface area (Å²) < 4.78 is 6.39. The van der Waals surface area contributed by atoms with Crippen molar-refractivity contribution in [2.45, 2.75) is 32.1 Å². The normalized spacial score (nSPS) is 24.6. The third-order valence-electron chi connectivity index (χ3n) is 4.49. The van der Waals surface area contributed by atoms with Gasteiger partial charge in [-0.3, -0.25) is 4.79 Å². The lowest BCUT2D eigenvalue weighted by Crippen LogP contribution is -2.44. The van der Waals surface area contributed by atoms with E-state index in [1.54, 1.807) is 0 Å². The molecule has 1 amide bonds. The second-order valence-electron chi connectivity index (χ2n) is 6.35. The molecule has 2 aliphatic rings. The van der Waals surface area contributed by atoms with E-state index >= 15 is 0 Å². The Labute approximate surface area is 128 Å². The zero-order valence-corrected chi connectivity index (χ0v) is 13.6. The monoisotopic (exact) mass is 337 g/mol. The molecular weight excluding hydrogens is 318 g/mol. The smallest absolute Gasteiger partial charge is 0.232 e. The molecule has 1 fully saturated rings. The molecule has 1 aromatic rings. The van der Waals surface area contributed by atoms with Gasteiger partial charge in [-0.1, -0.05) is 35.8 Å². The van der Waals surface area contributed by atoms with Gasteiger partial charge in [0.25, 0.3) is 0 Å². The fraction of sp³-hybridized carbons (Fsp3) is 0.562. The summed E-state index contributed by atoms with van der Waals surface area (Å²) in [6, 6.07) is 6.28. The van der Waals surface area contributed by atoms with Gasteiger partial charge in [-0.05, 0) is 36.0 Å². The maximum atomic E-state index is 12.7. The van der Waals surface area contributed by atoms with Crippen LogP contribution < -0.4 is 4.90 Å². The van der Waals surface area contributed by atoms with E-state index in [0.29, 0.717) is 13.2 Å². The first-order valence-electron chi connectivity index (χ1n) is 7.18. The third kappa shape index (κ3) is 2.40. The van der Waals surface area contributed by atoms with Crippen molar-refractivity contribution in [1.29, 1.82) is 0 Å². The highest BCUT2D eigenvalue weighted by Crippen LogP contribution is 2.41. The van der Waals surface area contributed by atoms with Crippen LogP contribution in [-0.4, -0.2) is 25.7 Å². The van der Waals surface area contributed by atoms with Crippen molar-refractivity contribution in [2.75, 3.05) is 24.7 Å². The predicted molar refractivity (Wildman–Crippen MR) is 83.1 cm³/mol. The number of halogens is 1. The van der Waals surface area contributed by atoms with Crippen LogP contribution in [0.5, 0.6) is 0 Å². The SMILES string of the molecule is CC1(C)CCN(C(=O)[C@H]2CCOC2)c2cc(Br)ccc21. The van der Waals surface area contributed by atoms with E-state index in [0.717, 1.165) is 29.5 Å². The molecule has 0 radical (unpaired) electrons.